The van der Waals surface area contributed by atoms with E-state index in [2.05, 4.69) is 181 Å². The van der Waals surface area contributed by atoms with Crippen molar-refractivity contribution in [3.05, 3.63) is 169 Å². The van der Waals surface area contributed by atoms with Crippen molar-refractivity contribution in [1.82, 2.24) is 4.57 Å². The summed E-state index contributed by atoms with van der Waals surface area (Å²) in [6.45, 7) is 4.70. The topological polar surface area (TPSA) is 21.3 Å². The van der Waals surface area contributed by atoms with E-state index in [4.69, 9.17) is 4.42 Å². The molecule has 0 bridgehead atoms. The van der Waals surface area contributed by atoms with Crippen LogP contribution < -0.4 is 4.90 Å². The van der Waals surface area contributed by atoms with Crippen molar-refractivity contribution >= 4 is 71.6 Å². The number of para-hydroxylation sites is 1. The lowest BCUT2D eigenvalue weighted by atomic mass is 9.82. The van der Waals surface area contributed by atoms with Gasteiger partial charge in [-0.1, -0.05) is 98.8 Å². The molecule has 0 radical (unpaired) electrons. The van der Waals surface area contributed by atoms with Gasteiger partial charge in [0, 0.05) is 55.1 Å². The molecule has 0 fully saturated rings. The minimum Gasteiger partial charge on any atom is -0.456 e. The van der Waals surface area contributed by atoms with Gasteiger partial charge in [-0.05, 0) is 112 Å². The molecule has 244 valence electrons. The Kier molecular flexibility index (Phi) is 5.31. The highest BCUT2D eigenvalue weighted by atomic mass is 16.3. The molecule has 52 heavy (non-hydrogen) atoms. The smallest absolute Gasteiger partial charge is 0.136 e. The summed E-state index contributed by atoms with van der Waals surface area (Å²) in [6, 6.07) is 57.9. The van der Waals surface area contributed by atoms with Crippen molar-refractivity contribution in [3.8, 4) is 27.9 Å². The molecule has 8 aromatic carbocycles. The summed E-state index contributed by atoms with van der Waals surface area (Å²) in [4.78, 5) is 2.39. The summed E-state index contributed by atoms with van der Waals surface area (Å²) >= 11 is 0. The first-order valence-corrected chi connectivity index (χ1v) is 18.1. The Morgan fingerprint density at radius 2 is 1.10 bits per heavy atom. The Bertz CT molecular complexity index is 3140. The van der Waals surface area contributed by atoms with E-state index in [1.807, 2.05) is 0 Å². The van der Waals surface area contributed by atoms with Gasteiger partial charge in [-0.2, -0.15) is 0 Å². The fraction of sp³-hybridized carbons (Fsp3) is 0.0612. The molecule has 0 spiro atoms. The molecule has 3 heteroatoms. The Labute approximate surface area is 300 Å². The third-order valence-electron chi connectivity index (χ3n) is 11.9. The summed E-state index contributed by atoms with van der Waals surface area (Å²) in [7, 11) is 0. The summed E-state index contributed by atoms with van der Waals surface area (Å²) in [5.74, 6) is 0. The molecule has 0 N–H and O–H groups in total. The van der Waals surface area contributed by atoms with E-state index in [1.54, 1.807) is 0 Å². The van der Waals surface area contributed by atoms with Crippen LogP contribution in [0.1, 0.15) is 25.0 Å². The van der Waals surface area contributed by atoms with Gasteiger partial charge in [0.15, 0.2) is 0 Å². The van der Waals surface area contributed by atoms with Crippen LogP contribution in [0.4, 0.5) is 17.1 Å². The molecule has 0 aliphatic heterocycles. The quantitative estimate of drug-likeness (QED) is 0.187. The van der Waals surface area contributed by atoms with Gasteiger partial charge in [-0.3, -0.25) is 0 Å². The van der Waals surface area contributed by atoms with Gasteiger partial charge >= 0.3 is 0 Å². The largest absolute Gasteiger partial charge is 0.456 e. The van der Waals surface area contributed by atoms with Gasteiger partial charge in [0.2, 0.25) is 0 Å². The van der Waals surface area contributed by atoms with E-state index in [1.165, 1.54) is 76.7 Å². The maximum atomic E-state index is 6.46. The van der Waals surface area contributed by atoms with Gasteiger partial charge < -0.3 is 13.9 Å². The number of aromatic nitrogens is 1. The zero-order valence-corrected chi connectivity index (χ0v) is 28.8. The second-order valence-electron chi connectivity index (χ2n) is 14.9. The zero-order chi connectivity index (χ0) is 34.3. The monoisotopic (exact) mass is 664 g/mol. The molecule has 0 unspecified atom stereocenters. The van der Waals surface area contributed by atoms with E-state index in [9.17, 15) is 0 Å². The molecule has 2 heterocycles. The van der Waals surface area contributed by atoms with Crippen LogP contribution in [0.25, 0.3) is 82.5 Å². The van der Waals surface area contributed by atoms with Crippen LogP contribution in [0.5, 0.6) is 0 Å². The third-order valence-corrected chi connectivity index (χ3v) is 11.9. The highest BCUT2D eigenvalue weighted by Gasteiger charge is 2.36. The van der Waals surface area contributed by atoms with Crippen LogP contribution >= 0.6 is 0 Å². The molecule has 0 atom stereocenters. The molecule has 3 nitrogen and oxygen atoms in total. The molecular formula is C49H32N2O. The van der Waals surface area contributed by atoms with Crippen LogP contribution in [-0.4, -0.2) is 4.57 Å². The minimum absolute atomic E-state index is 0.0788. The van der Waals surface area contributed by atoms with Gasteiger partial charge in [0.05, 0.1) is 11.0 Å². The number of furan rings is 1. The van der Waals surface area contributed by atoms with Crippen molar-refractivity contribution in [2.24, 2.45) is 0 Å². The average Bonchev–Trinajstić information content (AvgIpc) is 3.78. The lowest BCUT2D eigenvalue weighted by molar-refractivity contribution is 0.660. The third kappa shape index (κ3) is 3.50. The lowest BCUT2D eigenvalue weighted by Gasteiger charge is -2.28. The SMILES string of the molecule is CC1(C)c2ccccc2-c2ccc(N(c3ccccc3)c3ccc(-n4c5cccc6c5c5c7c(ccc8oc9cccc-6c9c87)ccc54)cc3)cc21. The molecule has 2 aliphatic carbocycles. The average molecular weight is 665 g/mol. The minimum atomic E-state index is -0.0788. The Morgan fingerprint density at radius 3 is 1.96 bits per heavy atom. The fourth-order valence-electron chi connectivity index (χ4n) is 9.61. The van der Waals surface area contributed by atoms with Crippen LogP contribution in [-0.2, 0) is 5.41 Å². The van der Waals surface area contributed by atoms with Crippen molar-refractivity contribution in [2.75, 3.05) is 4.90 Å². The molecule has 0 amide bonds. The Hall–Kier alpha value is -6.58. The second kappa shape index (κ2) is 9.80. The highest BCUT2D eigenvalue weighted by molar-refractivity contribution is 6.37. The highest BCUT2D eigenvalue weighted by Crippen LogP contribution is 2.52. The Morgan fingerprint density at radius 1 is 0.442 bits per heavy atom. The van der Waals surface area contributed by atoms with Crippen molar-refractivity contribution in [3.63, 3.8) is 0 Å². The van der Waals surface area contributed by atoms with Crippen LogP contribution in [0.2, 0.25) is 0 Å². The molecule has 2 aliphatic rings. The summed E-state index contributed by atoms with van der Waals surface area (Å²) < 4.78 is 8.90. The standard InChI is InChI=1S/C49H32N2O/c1-49(2)38-15-7-6-12-34(38)35-25-24-33(28-39(35)49)50(30-10-4-3-5-11-30)31-20-22-32(23-21-31)51-40-16-8-13-36-37-14-9-17-42-46(37)48-43(52-42)27-19-29-18-26-41(51)47(44(29)48)45(36)40/h3-28H,1-2H3. The molecule has 10 aromatic rings. The van der Waals surface area contributed by atoms with Crippen molar-refractivity contribution in [2.45, 2.75) is 19.3 Å². The van der Waals surface area contributed by atoms with Crippen LogP contribution in [0, 0.1) is 0 Å². The predicted molar refractivity (Wildman–Crippen MR) is 217 cm³/mol. The number of nitrogens with zero attached hydrogens (tertiary/aromatic N) is 2. The number of anilines is 3. The molecule has 0 saturated carbocycles. The van der Waals surface area contributed by atoms with Gasteiger partial charge in [0.25, 0.3) is 0 Å². The fourth-order valence-corrected chi connectivity index (χ4v) is 9.61. The number of benzene rings is 8. The van der Waals surface area contributed by atoms with Crippen molar-refractivity contribution < 1.29 is 4.42 Å². The van der Waals surface area contributed by atoms with E-state index in [0.717, 1.165) is 33.9 Å². The second-order valence-corrected chi connectivity index (χ2v) is 14.9. The predicted octanol–water partition coefficient (Wildman–Crippen LogP) is 13.6. The lowest BCUT2D eigenvalue weighted by Crippen LogP contribution is -2.16. The molecule has 2 aromatic heterocycles. The Balaban J connectivity index is 1.06. The summed E-state index contributed by atoms with van der Waals surface area (Å²) in [6.07, 6.45) is 0. The van der Waals surface area contributed by atoms with Crippen LogP contribution in [0.3, 0.4) is 0 Å². The van der Waals surface area contributed by atoms with Gasteiger partial charge in [0.1, 0.15) is 11.2 Å². The maximum Gasteiger partial charge on any atom is 0.136 e. The maximum absolute atomic E-state index is 6.46. The van der Waals surface area contributed by atoms with Gasteiger partial charge in [-0.15, -0.1) is 0 Å². The first-order chi connectivity index (χ1) is 25.6. The number of hydrogen-bond donors (Lipinski definition) is 0. The van der Waals surface area contributed by atoms with Gasteiger partial charge in [-0.25, -0.2) is 0 Å². The molecular weight excluding hydrogens is 633 g/mol. The normalized spacial score (nSPS) is 13.7. The van der Waals surface area contributed by atoms with E-state index in [-0.39, 0.29) is 5.41 Å². The summed E-state index contributed by atoms with van der Waals surface area (Å²) in [5.41, 5.74) is 16.7. The van der Waals surface area contributed by atoms with E-state index < -0.39 is 0 Å². The first-order valence-electron chi connectivity index (χ1n) is 18.1. The summed E-state index contributed by atoms with van der Waals surface area (Å²) in [5, 5.41) is 7.56. The van der Waals surface area contributed by atoms with E-state index in [0.29, 0.717) is 0 Å². The van der Waals surface area contributed by atoms with E-state index >= 15 is 0 Å². The number of hydrogen-bond acceptors (Lipinski definition) is 2. The molecule has 12 rings (SSSR count). The first kappa shape index (κ1) is 28.2. The van der Waals surface area contributed by atoms with Crippen LogP contribution in [0.15, 0.2) is 162 Å². The molecule has 0 saturated heterocycles. The number of rotatable bonds is 4. The zero-order valence-electron chi connectivity index (χ0n) is 28.8. The number of fused-ring (bicyclic) bond motifs is 4. The van der Waals surface area contributed by atoms with Crippen molar-refractivity contribution in [1.29, 1.82) is 0 Å².